The van der Waals surface area contributed by atoms with Gasteiger partial charge < -0.3 is 20.5 Å². The van der Waals surface area contributed by atoms with Crippen LogP contribution in [0.5, 0.6) is 0 Å². The van der Waals surface area contributed by atoms with E-state index in [1.165, 1.54) is 18.1 Å². The van der Waals surface area contributed by atoms with Crippen molar-refractivity contribution < 1.29 is 24.2 Å². The molecule has 0 saturated carbocycles. The fourth-order valence-electron chi connectivity index (χ4n) is 3.63. The maximum Gasteiger partial charge on any atom is 0.407 e. The van der Waals surface area contributed by atoms with E-state index in [2.05, 4.69) is 34.9 Å². The molecule has 0 bridgehead atoms. The van der Waals surface area contributed by atoms with Gasteiger partial charge in [0.15, 0.2) is 0 Å². The van der Waals surface area contributed by atoms with Crippen molar-refractivity contribution >= 4 is 18.0 Å². The molecule has 3 N–H and O–H groups in total. The second-order valence-electron chi connectivity index (χ2n) is 7.34. The fourth-order valence-corrected chi connectivity index (χ4v) is 3.63. The van der Waals surface area contributed by atoms with Gasteiger partial charge in [-0.15, -0.1) is 0 Å². The Bertz CT molecular complexity index is 882. The zero-order valence-electron chi connectivity index (χ0n) is 16.9. The molecule has 0 aromatic heterocycles. The molecule has 7 nitrogen and oxygen atoms in total. The van der Waals surface area contributed by atoms with E-state index < -0.39 is 18.1 Å². The van der Waals surface area contributed by atoms with E-state index >= 15 is 0 Å². The highest BCUT2D eigenvalue weighted by Crippen LogP contribution is 2.44. The second kappa shape index (κ2) is 9.91. The van der Waals surface area contributed by atoms with E-state index in [0.717, 1.165) is 11.1 Å². The highest BCUT2D eigenvalue weighted by Gasteiger charge is 2.28. The number of rotatable bonds is 9. The molecule has 1 unspecified atom stereocenters. The Morgan fingerprint density at radius 2 is 1.60 bits per heavy atom. The van der Waals surface area contributed by atoms with E-state index in [1.807, 2.05) is 24.3 Å². The number of hydrogen-bond acceptors (Lipinski definition) is 4. The van der Waals surface area contributed by atoms with Crippen molar-refractivity contribution in [1.29, 1.82) is 0 Å². The highest BCUT2D eigenvalue weighted by molar-refractivity contribution is 5.83. The van der Waals surface area contributed by atoms with Crippen molar-refractivity contribution in [2.45, 2.75) is 38.1 Å². The van der Waals surface area contributed by atoms with Crippen molar-refractivity contribution in [2.24, 2.45) is 0 Å². The third-order valence-corrected chi connectivity index (χ3v) is 5.19. The molecule has 0 spiro atoms. The average molecular weight is 410 g/mol. The Labute approximate surface area is 175 Å². The van der Waals surface area contributed by atoms with Crippen molar-refractivity contribution in [1.82, 2.24) is 10.6 Å². The summed E-state index contributed by atoms with van der Waals surface area (Å²) in [6, 6.07) is 15.4. The molecule has 0 heterocycles. The summed E-state index contributed by atoms with van der Waals surface area (Å²) in [5.41, 5.74) is 4.68. The molecule has 1 aliphatic rings. The SMILES string of the molecule is CC(NC(=O)CCCCNC(=O)OCC1c2ccccc2-c2ccccc21)C(=O)O. The maximum absolute atomic E-state index is 12.1. The lowest BCUT2D eigenvalue weighted by Gasteiger charge is -2.14. The Morgan fingerprint density at radius 3 is 2.20 bits per heavy atom. The van der Waals surface area contributed by atoms with Gasteiger partial charge in [-0.05, 0) is 42.0 Å². The number of benzene rings is 2. The third-order valence-electron chi connectivity index (χ3n) is 5.19. The number of carbonyl (C=O) groups is 3. The standard InChI is InChI=1S/C23H26N2O5/c1-15(22(27)28)25-21(26)12-6-7-13-24-23(29)30-14-20-18-10-4-2-8-16(18)17-9-3-5-11-19(17)20/h2-5,8-11,15,20H,6-7,12-14H2,1H3,(H,24,29)(H,25,26)(H,27,28). The Hall–Kier alpha value is -3.35. The lowest BCUT2D eigenvalue weighted by atomic mass is 9.98. The first kappa shape index (κ1) is 21.4. The predicted octanol–water partition coefficient (Wildman–Crippen LogP) is 3.28. The number of aliphatic carboxylic acids is 1. The second-order valence-corrected chi connectivity index (χ2v) is 7.34. The molecule has 0 radical (unpaired) electrons. The number of alkyl carbamates (subject to hydrolysis) is 1. The normalized spacial score (nSPS) is 13.1. The number of amides is 2. The van der Waals surface area contributed by atoms with E-state index in [9.17, 15) is 14.4 Å². The summed E-state index contributed by atoms with van der Waals surface area (Å²) in [6.07, 6.45) is 0.867. The van der Waals surface area contributed by atoms with Crippen LogP contribution < -0.4 is 10.6 Å². The van der Waals surface area contributed by atoms with Gasteiger partial charge in [-0.2, -0.15) is 0 Å². The van der Waals surface area contributed by atoms with Crippen molar-refractivity contribution in [3.63, 3.8) is 0 Å². The number of carboxylic acids is 1. The Balaban J connectivity index is 1.40. The molecule has 2 aromatic carbocycles. The lowest BCUT2D eigenvalue weighted by Crippen LogP contribution is -2.38. The lowest BCUT2D eigenvalue weighted by molar-refractivity contribution is -0.141. The summed E-state index contributed by atoms with van der Waals surface area (Å²) >= 11 is 0. The van der Waals surface area contributed by atoms with Crippen molar-refractivity contribution in [3.05, 3.63) is 59.7 Å². The van der Waals surface area contributed by atoms with Crippen LogP contribution in [0.15, 0.2) is 48.5 Å². The predicted molar refractivity (Wildman–Crippen MR) is 112 cm³/mol. The minimum absolute atomic E-state index is 0.0167. The molecule has 3 rings (SSSR count). The maximum atomic E-state index is 12.1. The van der Waals surface area contributed by atoms with Crippen LogP contribution in [0, 0.1) is 0 Å². The van der Waals surface area contributed by atoms with Crippen LogP contribution in [0.3, 0.4) is 0 Å². The molecule has 1 atom stereocenters. The number of hydrogen-bond donors (Lipinski definition) is 3. The number of unbranched alkanes of at least 4 members (excludes halogenated alkanes) is 1. The molecule has 2 amide bonds. The fraction of sp³-hybridized carbons (Fsp3) is 0.348. The zero-order valence-corrected chi connectivity index (χ0v) is 16.9. The number of nitrogens with one attached hydrogen (secondary N) is 2. The van der Waals surface area contributed by atoms with Gasteiger partial charge in [0.05, 0.1) is 0 Å². The quantitative estimate of drug-likeness (QED) is 0.550. The molecular formula is C23H26N2O5. The van der Waals surface area contributed by atoms with Crippen molar-refractivity contribution in [2.75, 3.05) is 13.2 Å². The van der Waals surface area contributed by atoms with E-state index in [1.54, 1.807) is 0 Å². The highest BCUT2D eigenvalue weighted by atomic mass is 16.5. The summed E-state index contributed by atoms with van der Waals surface area (Å²) in [6.45, 7) is 2.06. The first-order valence-corrected chi connectivity index (χ1v) is 10.1. The van der Waals surface area contributed by atoms with Gasteiger partial charge in [0.25, 0.3) is 0 Å². The number of ether oxygens (including phenoxy) is 1. The molecule has 2 aromatic rings. The molecule has 1 aliphatic carbocycles. The summed E-state index contributed by atoms with van der Waals surface area (Å²) in [7, 11) is 0. The Morgan fingerprint density at radius 1 is 1.00 bits per heavy atom. The van der Waals surface area contributed by atoms with Crippen LogP contribution >= 0.6 is 0 Å². The Kier molecular flexibility index (Phi) is 7.06. The van der Waals surface area contributed by atoms with Gasteiger partial charge >= 0.3 is 12.1 Å². The zero-order chi connectivity index (χ0) is 21.5. The van der Waals surface area contributed by atoms with E-state index in [4.69, 9.17) is 9.84 Å². The molecule has 0 saturated heterocycles. The molecule has 30 heavy (non-hydrogen) atoms. The van der Waals surface area contributed by atoms with Gasteiger partial charge in [0, 0.05) is 18.9 Å². The van der Waals surface area contributed by atoms with Gasteiger partial charge in [-0.25, -0.2) is 4.79 Å². The minimum Gasteiger partial charge on any atom is -0.480 e. The molecular weight excluding hydrogens is 384 g/mol. The number of fused-ring (bicyclic) bond motifs is 3. The first-order valence-electron chi connectivity index (χ1n) is 10.1. The molecule has 0 fully saturated rings. The summed E-state index contributed by atoms with van der Waals surface area (Å²) in [4.78, 5) is 34.4. The summed E-state index contributed by atoms with van der Waals surface area (Å²) in [5, 5.41) is 13.9. The monoisotopic (exact) mass is 410 g/mol. The third kappa shape index (κ3) is 5.17. The number of carboxylic acid groups (broad SMARTS) is 1. The van der Waals surface area contributed by atoms with Crippen LogP contribution in [-0.2, 0) is 14.3 Å². The van der Waals surface area contributed by atoms with Gasteiger partial charge in [-0.1, -0.05) is 48.5 Å². The topological polar surface area (TPSA) is 105 Å². The average Bonchev–Trinajstić information content (AvgIpc) is 3.05. The van der Waals surface area contributed by atoms with Crippen LogP contribution in [0.4, 0.5) is 4.79 Å². The first-order chi connectivity index (χ1) is 14.5. The molecule has 7 heteroatoms. The smallest absolute Gasteiger partial charge is 0.407 e. The van der Waals surface area contributed by atoms with E-state index in [0.29, 0.717) is 19.4 Å². The van der Waals surface area contributed by atoms with Gasteiger partial charge in [0.1, 0.15) is 12.6 Å². The molecule has 0 aliphatic heterocycles. The van der Waals surface area contributed by atoms with Crippen LogP contribution in [0.2, 0.25) is 0 Å². The summed E-state index contributed by atoms with van der Waals surface area (Å²) in [5.74, 6) is -1.37. The largest absolute Gasteiger partial charge is 0.480 e. The summed E-state index contributed by atoms with van der Waals surface area (Å²) < 4.78 is 5.45. The minimum atomic E-state index is -1.07. The molecule has 158 valence electrons. The van der Waals surface area contributed by atoms with Gasteiger partial charge in [-0.3, -0.25) is 9.59 Å². The van der Waals surface area contributed by atoms with Gasteiger partial charge in [0.2, 0.25) is 5.91 Å². The van der Waals surface area contributed by atoms with E-state index in [-0.39, 0.29) is 24.9 Å². The van der Waals surface area contributed by atoms with Crippen LogP contribution in [0.1, 0.15) is 43.2 Å². The number of carbonyl (C=O) groups excluding carboxylic acids is 2. The van der Waals surface area contributed by atoms with Crippen molar-refractivity contribution in [3.8, 4) is 11.1 Å². The van der Waals surface area contributed by atoms with Crippen LogP contribution in [-0.4, -0.2) is 42.3 Å². The van der Waals surface area contributed by atoms with Crippen LogP contribution in [0.25, 0.3) is 11.1 Å².